The van der Waals surface area contributed by atoms with Gasteiger partial charge in [-0.3, -0.25) is 0 Å². The van der Waals surface area contributed by atoms with Gasteiger partial charge in [-0.1, -0.05) is 97.1 Å². The summed E-state index contributed by atoms with van der Waals surface area (Å²) < 4.78 is 0. The summed E-state index contributed by atoms with van der Waals surface area (Å²) in [7, 11) is 0. The van der Waals surface area contributed by atoms with Crippen molar-refractivity contribution in [1.82, 2.24) is 0 Å². The SMILES string of the molecule is C1=C(c2cccc3ccccc23)CCCC(c2cccc3ccccc23)=C1. The van der Waals surface area contributed by atoms with Crippen molar-refractivity contribution in [1.29, 1.82) is 0 Å². The van der Waals surface area contributed by atoms with Gasteiger partial charge in [-0.2, -0.15) is 0 Å². The van der Waals surface area contributed by atoms with Crippen LogP contribution in [-0.2, 0) is 0 Å². The normalized spacial score (nSPS) is 14.7. The van der Waals surface area contributed by atoms with Crippen LogP contribution in [-0.4, -0.2) is 0 Å². The van der Waals surface area contributed by atoms with Gasteiger partial charge in [0.1, 0.15) is 0 Å². The molecule has 1 aliphatic rings. The number of benzene rings is 4. The Balaban J connectivity index is 1.61. The van der Waals surface area contributed by atoms with E-state index < -0.39 is 0 Å². The van der Waals surface area contributed by atoms with Crippen LogP contribution in [0.25, 0.3) is 32.7 Å². The van der Waals surface area contributed by atoms with E-state index >= 15 is 0 Å². The van der Waals surface area contributed by atoms with Crippen molar-refractivity contribution in [3.63, 3.8) is 0 Å². The van der Waals surface area contributed by atoms with Crippen LogP contribution in [0.3, 0.4) is 0 Å². The maximum Gasteiger partial charge on any atom is -0.0109 e. The summed E-state index contributed by atoms with van der Waals surface area (Å²) in [6.45, 7) is 0. The second-order valence-electron chi connectivity index (χ2n) is 7.29. The predicted octanol–water partition coefficient (Wildman–Crippen LogP) is 7.64. The summed E-state index contributed by atoms with van der Waals surface area (Å²) >= 11 is 0. The van der Waals surface area contributed by atoms with E-state index in [4.69, 9.17) is 0 Å². The minimum absolute atomic E-state index is 1.12. The molecule has 0 radical (unpaired) electrons. The standard InChI is InChI=1S/C27H22/c1-3-14-24-20(8-1)12-6-16-26(24)22-10-5-11-23(19-18-22)27-17-7-13-21-9-2-4-15-25(21)27/h1-4,6-9,12-19H,5,10-11H2. The highest BCUT2D eigenvalue weighted by Crippen LogP contribution is 2.35. The predicted molar refractivity (Wildman–Crippen MR) is 118 cm³/mol. The summed E-state index contributed by atoms with van der Waals surface area (Å²) in [5.41, 5.74) is 5.65. The highest BCUT2D eigenvalue weighted by Gasteiger charge is 2.12. The Hall–Kier alpha value is -3.12. The first-order chi connectivity index (χ1) is 13.4. The van der Waals surface area contributed by atoms with Crippen molar-refractivity contribution in [2.75, 3.05) is 0 Å². The summed E-state index contributed by atoms with van der Waals surface area (Å²) in [6, 6.07) is 30.7. The molecule has 0 spiro atoms. The van der Waals surface area contributed by atoms with Gasteiger partial charge in [0.25, 0.3) is 0 Å². The highest BCUT2D eigenvalue weighted by molar-refractivity contribution is 5.97. The largest absolute Gasteiger partial charge is 0.0616 e. The molecule has 27 heavy (non-hydrogen) atoms. The van der Waals surface area contributed by atoms with Crippen molar-refractivity contribution >= 4 is 32.7 Å². The smallest absolute Gasteiger partial charge is 0.0109 e. The van der Waals surface area contributed by atoms with Gasteiger partial charge in [-0.05, 0) is 63.1 Å². The van der Waals surface area contributed by atoms with Crippen molar-refractivity contribution < 1.29 is 0 Å². The first kappa shape index (κ1) is 16.1. The number of rotatable bonds is 2. The highest BCUT2D eigenvalue weighted by atomic mass is 14.2. The topological polar surface area (TPSA) is 0 Å². The molecule has 0 saturated carbocycles. The minimum Gasteiger partial charge on any atom is -0.0616 e. The van der Waals surface area contributed by atoms with Crippen LogP contribution >= 0.6 is 0 Å². The molecular weight excluding hydrogens is 324 g/mol. The van der Waals surface area contributed by atoms with E-state index in [2.05, 4.69) is 97.1 Å². The Morgan fingerprint density at radius 1 is 0.444 bits per heavy atom. The average molecular weight is 346 g/mol. The molecule has 1 aliphatic carbocycles. The maximum absolute atomic E-state index is 2.35. The van der Waals surface area contributed by atoms with Crippen molar-refractivity contribution in [3.05, 3.63) is 108 Å². The molecule has 0 fully saturated rings. The zero-order valence-corrected chi connectivity index (χ0v) is 15.4. The Kier molecular flexibility index (Phi) is 4.10. The maximum atomic E-state index is 2.35. The molecule has 4 aromatic rings. The molecular formula is C27H22. The van der Waals surface area contributed by atoms with E-state index in [0.717, 1.165) is 12.8 Å². The van der Waals surface area contributed by atoms with Crippen molar-refractivity contribution in [2.45, 2.75) is 19.3 Å². The lowest BCUT2D eigenvalue weighted by Gasteiger charge is -2.10. The van der Waals surface area contributed by atoms with Crippen LogP contribution in [0.1, 0.15) is 30.4 Å². The summed E-state index contributed by atoms with van der Waals surface area (Å²) in [6.07, 6.45) is 8.14. The van der Waals surface area contributed by atoms with Gasteiger partial charge in [-0.25, -0.2) is 0 Å². The van der Waals surface area contributed by atoms with E-state index in [1.807, 2.05) is 0 Å². The van der Waals surface area contributed by atoms with Gasteiger partial charge in [0.05, 0.1) is 0 Å². The minimum atomic E-state index is 1.12. The van der Waals surface area contributed by atoms with Crippen LogP contribution in [0.15, 0.2) is 97.1 Å². The molecule has 0 atom stereocenters. The quantitative estimate of drug-likeness (QED) is 0.350. The molecule has 0 bridgehead atoms. The summed E-state index contributed by atoms with van der Waals surface area (Å²) in [5.74, 6) is 0. The molecule has 0 nitrogen and oxygen atoms in total. The number of fused-ring (bicyclic) bond motifs is 2. The lowest BCUT2D eigenvalue weighted by molar-refractivity contribution is 0.899. The van der Waals surface area contributed by atoms with Gasteiger partial charge >= 0.3 is 0 Å². The zero-order chi connectivity index (χ0) is 18.1. The molecule has 0 heterocycles. The third kappa shape index (κ3) is 2.98. The van der Waals surface area contributed by atoms with E-state index in [9.17, 15) is 0 Å². The zero-order valence-electron chi connectivity index (χ0n) is 15.4. The molecule has 5 rings (SSSR count). The molecule has 0 unspecified atom stereocenters. The molecule has 130 valence electrons. The van der Waals surface area contributed by atoms with E-state index in [-0.39, 0.29) is 0 Å². The molecule has 4 aromatic carbocycles. The number of hydrogen-bond acceptors (Lipinski definition) is 0. The third-order valence-electron chi connectivity index (χ3n) is 5.65. The fourth-order valence-electron chi connectivity index (χ4n) is 4.30. The Bertz CT molecular complexity index is 1090. The van der Waals surface area contributed by atoms with Gasteiger partial charge in [0.15, 0.2) is 0 Å². The van der Waals surface area contributed by atoms with Crippen LogP contribution in [0, 0.1) is 0 Å². The van der Waals surface area contributed by atoms with Gasteiger partial charge < -0.3 is 0 Å². The van der Waals surface area contributed by atoms with Crippen LogP contribution in [0.4, 0.5) is 0 Å². The van der Waals surface area contributed by atoms with Gasteiger partial charge in [0.2, 0.25) is 0 Å². The lowest BCUT2D eigenvalue weighted by atomic mass is 9.94. The summed E-state index contributed by atoms with van der Waals surface area (Å²) in [5, 5.41) is 5.35. The first-order valence-corrected chi connectivity index (χ1v) is 9.76. The second kappa shape index (κ2) is 6.89. The Morgan fingerprint density at radius 3 is 1.41 bits per heavy atom. The number of allylic oxidation sites excluding steroid dienone is 4. The first-order valence-electron chi connectivity index (χ1n) is 9.76. The third-order valence-corrected chi connectivity index (χ3v) is 5.65. The number of hydrogen-bond donors (Lipinski definition) is 0. The van der Waals surface area contributed by atoms with Gasteiger partial charge in [0, 0.05) is 0 Å². The molecule has 0 N–H and O–H groups in total. The van der Waals surface area contributed by atoms with Gasteiger partial charge in [-0.15, -0.1) is 0 Å². The van der Waals surface area contributed by atoms with E-state index in [0.29, 0.717) is 0 Å². The van der Waals surface area contributed by atoms with Crippen molar-refractivity contribution in [3.8, 4) is 0 Å². The Morgan fingerprint density at radius 2 is 0.889 bits per heavy atom. The molecule has 0 amide bonds. The molecule has 0 saturated heterocycles. The molecule has 0 aliphatic heterocycles. The lowest BCUT2D eigenvalue weighted by Crippen LogP contribution is -1.88. The average Bonchev–Trinajstić information content (AvgIpc) is 2.99. The van der Waals surface area contributed by atoms with Crippen LogP contribution in [0.2, 0.25) is 0 Å². The Labute approximate surface area is 160 Å². The fraction of sp³-hybridized carbons (Fsp3) is 0.111. The molecule has 0 aromatic heterocycles. The van der Waals surface area contributed by atoms with E-state index in [1.54, 1.807) is 0 Å². The summed E-state index contributed by atoms with van der Waals surface area (Å²) in [4.78, 5) is 0. The van der Waals surface area contributed by atoms with E-state index in [1.165, 1.54) is 50.2 Å². The monoisotopic (exact) mass is 346 g/mol. The van der Waals surface area contributed by atoms with Crippen molar-refractivity contribution in [2.24, 2.45) is 0 Å². The van der Waals surface area contributed by atoms with Crippen LogP contribution in [0.5, 0.6) is 0 Å². The second-order valence-corrected chi connectivity index (χ2v) is 7.29. The fourth-order valence-corrected chi connectivity index (χ4v) is 4.30. The van der Waals surface area contributed by atoms with Crippen LogP contribution < -0.4 is 0 Å². The molecule has 0 heteroatoms.